The summed E-state index contributed by atoms with van der Waals surface area (Å²) >= 11 is 6.72. The van der Waals surface area contributed by atoms with Gasteiger partial charge in [-0.1, -0.05) is 44.2 Å². The van der Waals surface area contributed by atoms with Crippen LogP contribution in [0, 0.1) is 20.8 Å². The minimum atomic E-state index is -0.479. The molecule has 6 heteroatoms. The quantitative estimate of drug-likeness (QED) is 0.322. The largest absolute Gasteiger partial charge is 0.446 e. The Balaban J connectivity index is 1.75. The predicted octanol–water partition coefficient (Wildman–Crippen LogP) is 8.17. The summed E-state index contributed by atoms with van der Waals surface area (Å²) in [6, 6.07) is 5.93. The topological polar surface area (TPSA) is 64.1 Å². The van der Waals surface area contributed by atoms with Crippen molar-refractivity contribution in [2.24, 2.45) is 0 Å². The van der Waals surface area contributed by atoms with E-state index in [4.69, 9.17) is 16.3 Å². The summed E-state index contributed by atoms with van der Waals surface area (Å²) in [5.74, 6) is 0.453. The summed E-state index contributed by atoms with van der Waals surface area (Å²) in [6.07, 6.45) is 9.83. The first-order chi connectivity index (χ1) is 15.8. The first kappa shape index (κ1) is 25.0. The molecule has 1 N–H and O–H groups in total. The SMILES string of the molecule is CCCCCCCC(C)OC(=O)Nc1cc2cc(-c3cnc(C)cc3C)c(Cl)c(C)c2cn1. The summed E-state index contributed by atoms with van der Waals surface area (Å²) in [4.78, 5) is 21.2. The highest BCUT2D eigenvalue weighted by atomic mass is 35.5. The molecule has 1 amide bonds. The summed E-state index contributed by atoms with van der Waals surface area (Å²) in [7, 11) is 0. The van der Waals surface area contributed by atoms with Crippen LogP contribution in [0.15, 0.2) is 30.6 Å². The molecule has 3 aromatic rings. The molecule has 5 nitrogen and oxygen atoms in total. The molecule has 3 rings (SSSR count). The molecular weight excluding hydrogens is 434 g/mol. The first-order valence-electron chi connectivity index (χ1n) is 11.8. The van der Waals surface area contributed by atoms with Gasteiger partial charge in [-0.15, -0.1) is 0 Å². The number of rotatable bonds is 9. The van der Waals surface area contributed by atoms with E-state index in [-0.39, 0.29) is 6.10 Å². The Morgan fingerprint density at radius 3 is 2.52 bits per heavy atom. The number of carbonyl (C=O) groups excluding carboxylic acids is 1. The van der Waals surface area contributed by atoms with Gasteiger partial charge < -0.3 is 4.74 Å². The third kappa shape index (κ3) is 6.44. The Hall–Kier alpha value is -2.66. The van der Waals surface area contributed by atoms with Gasteiger partial charge in [0.2, 0.25) is 0 Å². The zero-order valence-corrected chi connectivity index (χ0v) is 21.1. The maximum atomic E-state index is 12.4. The average Bonchev–Trinajstić information content (AvgIpc) is 2.76. The Bertz CT molecular complexity index is 1130. The van der Waals surface area contributed by atoms with Crippen molar-refractivity contribution in [3.8, 4) is 11.1 Å². The van der Waals surface area contributed by atoms with E-state index in [0.29, 0.717) is 10.8 Å². The number of amides is 1. The molecule has 1 aromatic carbocycles. The zero-order valence-electron chi connectivity index (χ0n) is 20.3. The van der Waals surface area contributed by atoms with Crippen LogP contribution in [0.3, 0.4) is 0 Å². The second-order valence-electron chi connectivity index (χ2n) is 8.84. The number of pyridine rings is 2. The first-order valence-corrected chi connectivity index (χ1v) is 12.2. The van der Waals surface area contributed by atoms with Gasteiger partial charge in [0.15, 0.2) is 0 Å². The standard InChI is InChI=1S/C27H34ClN3O2/c1-6-7-8-9-10-11-19(4)33-27(32)31-25-14-21-13-22(23-15-29-18(3)12-17(23)2)26(28)20(5)24(21)16-30-25/h12-16,19H,6-11H2,1-5H3,(H,30,31,32). The molecule has 0 aliphatic rings. The lowest BCUT2D eigenvalue weighted by Gasteiger charge is -2.15. The summed E-state index contributed by atoms with van der Waals surface area (Å²) in [6.45, 7) is 10.1. The van der Waals surface area contributed by atoms with Gasteiger partial charge in [-0.2, -0.15) is 0 Å². The molecule has 0 saturated carbocycles. The minimum Gasteiger partial charge on any atom is -0.446 e. The fourth-order valence-corrected chi connectivity index (χ4v) is 4.35. The van der Waals surface area contributed by atoms with Crippen molar-refractivity contribution in [2.75, 3.05) is 5.32 Å². The van der Waals surface area contributed by atoms with Crippen molar-refractivity contribution in [2.45, 2.75) is 79.2 Å². The van der Waals surface area contributed by atoms with Crippen molar-refractivity contribution >= 4 is 34.3 Å². The molecule has 0 spiro atoms. The molecule has 0 bridgehead atoms. The number of anilines is 1. The normalized spacial score (nSPS) is 12.1. The third-order valence-corrected chi connectivity index (χ3v) is 6.48. The number of aromatic nitrogens is 2. The molecule has 0 saturated heterocycles. The number of nitrogens with zero attached hydrogens (tertiary/aromatic N) is 2. The van der Waals surface area contributed by atoms with Crippen molar-refractivity contribution < 1.29 is 9.53 Å². The van der Waals surface area contributed by atoms with Crippen LogP contribution >= 0.6 is 11.6 Å². The molecule has 33 heavy (non-hydrogen) atoms. The van der Waals surface area contributed by atoms with Gasteiger partial charge in [0.05, 0.1) is 5.02 Å². The Morgan fingerprint density at radius 1 is 1.03 bits per heavy atom. The van der Waals surface area contributed by atoms with Gasteiger partial charge in [0, 0.05) is 34.6 Å². The van der Waals surface area contributed by atoms with E-state index in [1.165, 1.54) is 25.7 Å². The average molecular weight is 468 g/mol. The van der Waals surface area contributed by atoms with Crippen LogP contribution in [0.4, 0.5) is 10.6 Å². The minimum absolute atomic E-state index is 0.128. The number of nitrogens with one attached hydrogen (secondary N) is 1. The molecule has 176 valence electrons. The molecule has 0 fully saturated rings. The summed E-state index contributed by atoms with van der Waals surface area (Å²) < 4.78 is 5.52. The van der Waals surface area contributed by atoms with Crippen molar-refractivity contribution in [1.82, 2.24) is 9.97 Å². The van der Waals surface area contributed by atoms with Gasteiger partial charge in [-0.05, 0) is 75.2 Å². The number of carbonyl (C=O) groups is 1. The van der Waals surface area contributed by atoms with E-state index < -0.39 is 6.09 Å². The molecule has 2 heterocycles. The Labute approximate surface area is 201 Å². The van der Waals surface area contributed by atoms with Crippen LogP contribution in [0.2, 0.25) is 5.02 Å². The van der Waals surface area contributed by atoms with Crippen LogP contribution < -0.4 is 5.32 Å². The molecule has 1 unspecified atom stereocenters. The van der Waals surface area contributed by atoms with Gasteiger partial charge in [0.25, 0.3) is 0 Å². The van der Waals surface area contributed by atoms with E-state index in [1.807, 2.05) is 45.2 Å². The van der Waals surface area contributed by atoms with E-state index in [9.17, 15) is 4.79 Å². The molecule has 1 atom stereocenters. The number of ether oxygens (including phenoxy) is 1. The van der Waals surface area contributed by atoms with Crippen LogP contribution in [-0.2, 0) is 4.74 Å². The van der Waals surface area contributed by atoms with Gasteiger partial charge in [0.1, 0.15) is 11.9 Å². The maximum absolute atomic E-state index is 12.4. The van der Waals surface area contributed by atoms with E-state index in [1.54, 1.807) is 6.20 Å². The number of fused-ring (bicyclic) bond motifs is 1. The maximum Gasteiger partial charge on any atom is 0.413 e. The van der Waals surface area contributed by atoms with Crippen LogP contribution in [0.25, 0.3) is 21.9 Å². The number of aryl methyl sites for hydroxylation is 3. The Morgan fingerprint density at radius 2 is 1.79 bits per heavy atom. The van der Waals surface area contributed by atoms with Crippen LogP contribution in [0.5, 0.6) is 0 Å². The molecular formula is C27H34ClN3O2. The van der Waals surface area contributed by atoms with Gasteiger partial charge in [-0.3, -0.25) is 10.3 Å². The second-order valence-corrected chi connectivity index (χ2v) is 9.22. The Kier molecular flexibility index (Phi) is 8.67. The molecule has 0 aliphatic heterocycles. The number of hydrogen-bond donors (Lipinski definition) is 1. The van der Waals surface area contributed by atoms with Crippen molar-refractivity contribution in [3.63, 3.8) is 0 Å². The highest BCUT2D eigenvalue weighted by molar-refractivity contribution is 6.35. The smallest absolute Gasteiger partial charge is 0.413 e. The molecule has 0 radical (unpaired) electrons. The third-order valence-electron chi connectivity index (χ3n) is 6.00. The van der Waals surface area contributed by atoms with Gasteiger partial charge in [-0.25, -0.2) is 9.78 Å². The lowest BCUT2D eigenvalue weighted by atomic mass is 9.96. The molecule has 2 aromatic heterocycles. The van der Waals surface area contributed by atoms with E-state index >= 15 is 0 Å². The zero-order chi connectivity index (χ0) is 24.0. The van der Waals surface area contributed by atoms with Crippen LogP contribution in [0.1, 0.15) is 69.2 Å². The highest BCUT2D eigenvalue weighted by Crippen LogP contribution is 2.37. The highest BCUT2D eigenvalue weighted by Gasteiger charge is 2.15. The monoisotopic (exact) mass is 467 g/mol. The van der Waals surface area contributed by atoms with Gasteiger partial charge >= 0.3 is 6.09 Å². The lowest BCUT2D eigenvalue weighted by Crippen LogP contribution is -2.20. The predicted molar refractivity (Wildman–Crippen MR) is 137 cm³/mol. The van der Waals surface area contributed by atoms with Crippen LogP contribution in [-0.4, -0.2) is 22.2 Å². The second kappa shape index (κ2) is 11.5. The fraction of sp³-hybridized carbons (Fsp3) is 0.444. The van der Waals surface area contributed by atoms with E-state index in [0.717, 1.165) is 51.6 Å². The number of benzene rings is 1. The fourth-order valence-electron chi connectivity index (χ4n) is 4.10. The van der Waals surface area contributed by atoms with Crippen molar-refractivity contribution in [3.05, 3.63) is 52.4 Å². The summed E-state index contributed by atoms with van der Waals surface area (Å²) in [5, 5.41) is 5.35. The van der Waals surface area contributed by atoms with Crippen molar-refractivity contribution in [1.29, 1.82) is 0 Å². The van der Waals surface area contributed by atoms with E-state index in [2.05, 4.69) is 29.1 Å². The number of hydrogen-bond acceptors (Lipinski definition) is 4. The number of halogens is 1. The number of unbranched alkanes of at least 4 members (excludes halogenated alkanes) is 4. The summed E-state index contributed by atoms with van der Waals surface area (Å²) in [5.41, 5.74) is 4.94. The molecule has 0 aliphatic carbocycles. The lowest BCUT2D eigenvalue weighted by molar-refractivity contribution is 0.114.